The molecule has 0 aliphatic heterocycles. The molecule has 0 saturated heterocycles. The standard InChI is InChI=1S/C14H20ClN3O3/c15-12-5-1-2-6-13(12)21-10-4-9-18-14(20)17-8-3-7-16-11-19/h1-2,5-6,11H,3-4,7-10H2,(H,16,19)(H2,17,18,20). The van der Waals surface area contributed by atoms with Crippen LogP contribution in [-0.2, 0) is 4.79 Å². The summed E-state index contributed by atoms with van der Waals surface area (Å²) >= 11 is 5.95. The molecule has 0 fully saturated rings. The molecule has 3 amide bonds. The lowest BCUT2D eigenvalue weighted by Crippen LogP contribution is -2.37. The van der Waals surface area contributed by atoms with Gasteiger partial charge in [0, 0.05) is 19.6 Å². The maximum absolute atomic E-state index is 11.4. The molecule has 0 aliphatic rings. The molecule has 3 N–H and O–H groups in total. The van der Waals surface area contributed by atoms with Crippen LogP contribution in [0.4, 0.5) is 4.79 Å². The molecule has 1 rings (SSSR count). The zero-order valence-corrected chi connectivity index (χ0v) is 12.5. The Morgan fingerprint density at radius 2 is 1.86 bits per heavy atom. The molecular weight excluding hydrogens is 294 g/mol. The molecule has 6 nitrogen and oxygen atoms in total. The summed E-state index contributed by atoms with van der Waals surface area (Å²) in [5.74, 6) is 0.645. The number of hydrogen-bond donors (Lipinski definition) is 3. The Bertz CT molecular complexity index is 443. The number of amides is 3. The Labute approximate surface area is 129 Å². The van der Waals surface area contributed by atoms with Gasteiger partial charge in [-0.2, -0.15) is 0 Å². The van der Waals surface area contributed by atoms with Crippen LogP contribution in [0.15, 0.2) is 24.3 Å². The third-order valence-corrected chi connectivity index (χ3v) is 2.88. The van der Waals surface area contributed by atoms with Crippen LogP contribution in [0.3, 0.4) is 0 Å². The van der Waals surface area contributed by atoms with Gasteiger partial charge >= 0.3 is 6.03 Å². The highest BCUT2D eigenvalue weighted by Gasteiger charge is 2.01. The number of ether oxygens (including phenoxy) is 1. The first kappa shape index (κ1) is 17.1. The highest BCUT2D eigenvalue weighted by molar-refractivity contribution is 6.32. The Kier molecular flexibility index (Phi) is 8.79. The fourth-order valence-electron chi connectivity index (χ4n) is 1.53. The second-order valence-corrected chi connectivity index (χ2v) is 4.65. The van der Waals surface area contributed by atoms with Crippen LogP contribution in [0, 0.1) is 0 Å². The van der Waals surface area contributed by atoms with E-state index in [-0.39, 0.29) is 6.03 Å². The summed E-state index contributed by atoms with van der Waals surface area (Å²) in [5, 5.41) is 8.51. The summed E-state index contributed by atoms with van der Waals surface area (Å²) in [6.45, 7) is 2.06. The normalized spacial score (nSPS) is 9.76. The smallest absolute Gasteiger partial charge is 0.314 e. The van der Waals surface area contributed by atoms with E-state index in [4.69, 9.17) is 16.3 Å². The van der Waals surface area contributed by atoms with E-state index >= 15 is 0 Å². The molecule has 21 heavy (non-hydrogen) atoms. The molecule has 0 bridgehead atoms. The van der Waals surface area contributed by atoms with E-state index in [1.54, 1.807) is 12.1 Å². The van der Waals surface area contributed by atoms with Crippen molar-refractivity contribution in [1.82, 2.24) is 16.0 Å². The van der Waals surface area contributed by atoms with Gasteiger partial charge in [-0.15, -0.1) is 0 Å². The lowest BCUT2D eigenvalue weighted by atomic mass is 10.3. The van der Waals surface area contributed by atoms with E-state index in [1.807, 2.05) is 12.1 Å². The summed E-state index contributed by atoms with van der Waals surface area (Å²) < 4.78 is 5.50. The molecule has 116 valence electrons. The average molecular weight is 314 g/mol. The molecular formula is C14H20ClN3O3. The zero-order valence-electron chi connectivity index (χ0n) is 11.7. The van der Waals surface area contributed by atoms with Crippen molar-refractivity contribution in [3.05, 3.63) is 29.3 Å². The van der Waals surface area contributed by atoms with Gasteiger partial charge in [0.2, 0.25) is 6.41 Å². The third-order valence-electron chi connectivity index (χ3n) is 2.57. The van der Waals surface area contributed by atoms with E-state index in [0.29, 0.717) is 56.3 Å². The fraction of sp³-hybridized carbons (Fsp3) is 0.429. The molecule has 0 radical (unpaired) electrons. The molecule has 0 spiro atoms. The number of halogens is 1. The Balaban J connectivity index is 2.00. The van der Waals surface area contributed by atoms with Crippen LogP contribution in [0.25, 0.3) is 0 Å². The molecule has 0 heterocycles. The number of para-hydroxylation sites is 1. The lowest BCUT2D eigenvalue weighted by Gasteiger charge is -2.09. The van der Waals surface area contributed by atoms with Crippen molar-refractivity contribution in [2.45, 2.75) is 12.8 Å². The zero-order chi connectivity index (χ0) is 15.3. The number of rotatable bonds is 10. The maximum Gasteiger partial charge on any atom is 0.314 e. The molecule has 1 aromatic rings. The van der Waals surface area contributed by atoms with Gasteiger partial charge in [0.05, 0.1) is 11.6 Å². The van der Waals surface area contributed by atoms with Crippen LogP contribution < -0.4 is 20.7 Å². The largest absolute Gasteiger partial charge is 0.492 e. The van der Waals surface area contributed by atoms with Gasteiger partial charge in [0.25, 0.3) is 0 Å². The Morgan fingerprint density at radius 1 is 1.14 bits per heavy atom. The third kappa shape index (κ3) is 8.04. The van der Waals surface area contributed by atoms with Crippen molar-refractivity contribution >= 4 is 24.0 Å². The van der Waals surface area contributed by atoms with E-state index in [9.17, 15) is 9.59 Å². The number of hydrogen-bond acceptors (Lipinski definition) is 3. The molecule has 0 aromatic heterocycles. The topological polar surface area (TPSA) is 79.5 Å². The predicted octanol–water partition coefficient (Wildman–Crippen LogP) is 1.54. The number of urea groups is 1. The summed E-state index contributed by atoms with van der Waals surface area (Å²) in [5.41, 5.74) is 0. The van der Waals surface area contributed by atoms with Gasteiger partial charge in [-0.05, 0) is 25.0 Å². The minimum atomic E-state index is -0.223. The summed E-state index contributed by atoms with van der Waals surface area (Å²) in [6, 6.07) is 7.04. The monoisotopic (exact) mass is 313 g/mol. The van der Waals surface area contributed by atoms with Crippen molar-refractivity contribution in [1.29, 1.82) is 0 Å². The van der Waals surface area contributed by atoms with E-state index < -0.39 is 0 Å². The first-order valence-corrected chi connectivity index (χ1v) is 7.18. The van der Waals surface area contributed by atoms with Gasteiger partial charge in [0.15, 0.2) is 0 Å². The van der Waals surface area contributed by atoms with Gasteiger partial charge in [0.1, 0.15) is 5.75 Å². The highest BCUT2D eigenvalue weighted by Crippen LogP contribution is 2.22. The number of nitrogens with one attached hydrogen (secondary N) is 3. The number of carbonyl (C=O) groups is 2. The summed E-state index contributed by atoms with van der Waals surface area (Å²) in [7, 11) is 0. The van der Waals surface area contributed by atoms with Crippen molar-refractivity contribution in [2.24, 2.45) is 0 Å². The average Bonchev–Trinajstić information content (AvgIpc) is 2.48. The van der Waals surface area contributed by atoms with E-state index in [2.05, 4.69) is 16.0 Å². The minimum Gasteiger partial charge on any atom is -0.492 e. The Morgan fingerprint density at radius 3 is 2.57 bits per heavy atom. The maximum atomic E-state index is 11.4. The molecule has 0 atom stereocenters. The second kappa shape index (κ2) is 10.8. The van der Waals surface area contributed by atoms with Crippen LogP contribution in [0.1, 0.15) is 12.8 Å². The summed E-state index contributed by atoms with van der Waals surface area (Å²) in [6.07, 6.45) is 2.02. The van der Waals surface area contributed by atoms with Crippen LogP contribution >= 0.6 is 11.6 Å². The number of benzene rings is 1. The minimum absolute atomic E-state index is 0.223. The highest BCUT2D eigenvalue weighted by atomic mass is 35.5. The molecule has 0 saturated carbocycles. The SMILES string of the molecule is O=CNCCCNC(=O)NCCCOc1ccccc1Cl. The first-order chi connectivity index (χ1) is 10.2. The predicted molar refractivity (Wildman–Crippen MR) is 81.6 cm³/mol. The summed E-state index contributed by atoms with van der Waals surface area (Å²) in [4.78, 5) is 21.4. The van der Waals surface area contributed by atoms with Gasteiger partial charge < -0.3 is 20.7 Å². The lowest BCUT2D eigenvalue weighted by molar-refractivity contribution is -0.109. The van der Waals surface area contributed by atoms with Crippen molar-refractivity contribution < 1.29 is 14.3 Å². The van der Waals surface area contributed by atoms with E-state index in [1.165, 1.54) is 0 Å². The Hall–Kier alpha value is -1.95. The quantitative estimate of drug-likeness (QED) is 0.453. The molecule has 7 heteroatoms. The van der Waals surface area contributed by atoms with Gasteiger partial charge in [-0.25, -0.2) is 4.79 Å². The second-order valence-electron chi connectivity index (χ2n) is 4.24. The molecule has 0 aliphatic carbocycles. The van der Waals surface area contributed by atoms with E-state index in [0.717, 1.165) is 0 Å². The van der Waals surface area contributed by atoms with Crippen molar-refractivity contribution in [2.75, 3.05) is 26.2 Å². The van der Waals surface area contributed by atoms with Crippen LogP contribution in [-0.4, -0.2) is 38.7 Å². The van der Waals surface area contributed by atoms with Crippen molar-refractivity contribution in [3.8, 4) is 5.75 Å². The molecule has 0 unspecified atom stereocenters. The van der Waals surface area contributed by atoms with Gasteiger partial charge in [-0.1, -0.05) is 23.7 Å². The first-order valence-electron chi connectivity index (χ1n) is 6.80. The van der Waals surface area contributed by atoms with Crippen molar-refractivity contribution in [3.63, 3.8) is 0 Å². The van der Waals surface area contributed by atoms with Gasteiger partial charge in [-0.3, -0.25) is 4.79 Å². The fourth-order valence-corrected chi connectivity index (χ4v) is 1.72. The van der Waals surface area contributed by atoms with Crippen LogP contribution in [0.2, 0.25) is 5.02 Å². The number of carbonyl (C=O) groups excluding carboxylic acids is 2. The van der Waals surface area contributed by atoms with Crippen LogP contribution in [0.5, 0.6) is 5.75 Å². The molecule has 1 aromatic carbocycles.